The van der Waals surface area contributed by atoms with Crippen molar-refractivity contribution >= 4 is 17.9 Å². The molecule has 0 aliphatic carbocycles. The fourth-order valence-electron chi connectivity index (χ4n) is 1.28. The van der Waals surface area contributed by atoms with Gasteiger partial charge in [-0.05, 0) is 5.92 Å². The van der Waals surface area contributed by atoms with Gasteiger partial charge in [0.05, 0.1) is 6.42 Å². The maximum atomic E-state index is 11.9. The van der Waals surface area contributed by atoms with Crippen LogP contribution in [-0.2, 0) is 9.59 Å². The maximum Gasteiger partial charge on any atom is 0.312 e. The fourth-order valence-corrected chi connectivity index (χ4v) is 1.28. The Kier molecular flexibility index (Phi) is 6.01. The number of nitrogens with one attached hydrogen (secondary N) is 1. The minimum atomic E-state index is -0.978. The van der Waals surface area contributed by atoms with Crippen LogP contribution in [-0.4, -0.2) is 47.5 Å². The van der Waals surface area contributed by atoms with Gasteiger partial charge in [-0.15, -0.1) is 0 Å². The lowest BCUT2D eigenvalue weighted by atomic mass is 10.0. The van der Waals surface area contributed by atoms with Crippen LogP contribution in [0.1, 0.15) is 20.3 Å². The smallest absolute Gasteiger partial charge is 0.312 e. The molecule has 3 amide bonds. The summed E-state index contributed by atoms with van der Waals surface area (Å²) in [7, 11) is 1.49. The Morgan fingerprint density at radius 1 is 1.35 bits per heavy atom. The van der Waals surface area contributed by atoms with Crippen molar-refractivity contribution in [3.8, 4) is 0 Å². The molecule has 0 aliphatic heterocycles. The number of rotatable bonds is 6. The molecule has 4 N–H and O–H groups in total. The molecule has 1 unspecified atom stereocenters. The van der Waals surface area contributed by atoms with Crippen molar-refractivity contribution < 1.29 is 19.5 Å². The average molecular weight is 245 g/mol. The second-order valence-corrected chi connectivity index (χ2v) is 4.13. The minimum Gasteiger partial charge on any atom is -0.481 e. The Balaban J connectivity index is 4.49. The molecular weight excluding hydrogens is 226 g/mol. The molecule has 0 aromatic carbocycles. The molecule has 0 bridgehead atoms. The number of hydrogen-bond donors (Lipinski definition) is 3. The third kappa shape index (κ3) is 5.74. The summed E-state index contributed by atoms with van der Waals surface area (Å²) in [6.45, 7) is 3.63. The molecule has 0 aromatic heterocycles. The van der Waals surface area contributed by atoms with E-state index in [2.05, 4.69) is 5.32 Å². The quantitative estimate of drug-likeness (QED) is 0.591. The van der Waals surface area contributed by atoms with Gasteiger partial charge in [0.2, 0.25) is 5.91 Å². The first kappa shape index (κ1) is 15.2. The predicted molar refractivity (Wildman–Crippen MR) is 61.2 cm³/mol. The molecular formula is C10H19N3O4. The zero-order valence-electron chi connectivity index (χ0n) is 10.3. The van der Waals surface area contributed by atoms with Crippen molar-refractivity contribution in [2.75, 3.05) is 13.6 Å². The van der Waals surface area contributed by atoms with Crippen LogP contribution in [0.4, 0.5) is 4.79 Å². The van der Waals surface area contributed by atoms with Crippen molar-refractivity contribution in [3.05, 3.63) is 0 Å². The van der Waals surface area contributed by atoms with E-state index >= 15 is 0 Å². The lowest BCUT2D eigenvalue weighted by molar-refractivity contribution is -0.138. The summed E-state index contributed by atoms with van der Waals surface area (Å²) in [5.74, 6) is -1.45. The van der Waals surface area contributed by atoms with E-state index in [-0.39, 0.29) is 24.8 Å². The number of carboxylic acids is 1. The highest BCUT2D eigenvalue weighted by Crippen LogP contribution is 2.05. The summed E-state index contributed by atoms with van der Waals surface area (Å²) >= 11 is 0. The molecule has 0 fully saturated rings. The number of nitrogens with two attached hydrogens (primary N) is 1. The molecule has 0 spiro atoms. The van der Waals surface area contributed by atoms with E-state index in [1.54, 1.807) is 13.8 Å². The van der Waals surface area contributed by atoms with Crippen molar-refractivity contribution in [2.45, 2.75) is 26.3 Å². The van der Waals surface area contributed by atoms with Crippen LogP contribution in [0.25, 0.3) is 0 Å². The highest BCUT2D eigenvalue weighted by Gasteiger charge is 2.26. The van der Waals surface area contributed by atoms with E-state index in [0.717, 1.165) is 0 Å². The molecule has 0 radical (unpaired) electrons. The number of amides is 3. The second-order valence-electron chi connectivity index (χ2n) is 4.13. The van der Waals surface area contributed by atoms with Crippen molar-refractivity contribution in [1.82, 2.24) is 10.2 Å². The van der Waals surface area contributed by atoms with Crippen LogP contribution in [0.2, 0.25) is 0 Å². The van der Waals surface area contributed by atoms with Crippen molar-refractivity contribution in [2.24, 2.45) is 11.7 Å². The Bertz CT molecular complexity index is 304. The van der Waals surface area contributed by atoms with Crippen molar-refractivity contribution in [3.63, 3.8) is 0 Å². The highest BCUT2D eigenvalue weighted by molar-refractivity contribution is 5.86. The Morgan fingerprint density at radius 3 is 2.24 bits per heavy atom. The van der Waals surface area contributed by atoms with Crippen molar-refractivity contribution in [1.29, 1.82) is 0 Å². The molecule has 0 saturated heterocycles. The molecule has 1 atom stereocenters. The molecule has 0 saturated carbocycles. The molecule has 17 heavy (non-hydrogen) atoms. The number of carbonyl (C=O) groups excluding carboxylic acids is 2. The fraction of sp³-hybridized carbons (Fsp3) is 0.700. The number of likely N-dealkylation sites (N-methyl/N-ethyl adjacent to an activating group) is 1. The number of hydrogen-bond acceptors (Lipinski definition) is 3. The minimum absolute atomic E-state index is 0.0951. The zero-order chi connectivity index (χ0) is 13.6. The van der Waals surface area contributed by atoms with Crippen LogP contribution >= 0.6 is 0 Å². The van der Waals surface area contributed by atoms with Gasteiger partial charge in [-0.3, -0.25) is 9.59 Å². The van der Waals surface area contributed by atoms with E-state index in [1.165, 1.54) is 11.9 Å². The summed E-state index contributed by atoms with van der Waals surface area (Å²) in [5, 5.41) is 10.9. The Labute approximate surface area is 100.0 Å². The van der Waals surface area contributed by atoms with Gasteiger partial charge in [-0.25, -0.2) is 4.79 Å². The number of carboxylic acid groups (broad SMARTS) is 1. The summed E-state index contributed by atoms with van der Waals surface area (Å²) in [4.78, 5) is 34.3. The van der Waals surface area contributed by atoms with E-state index < -0.39 is 18.0 Å². The highest BCUT2D eigenvalue weighted by atomic mass is 16.4. The van der Waals surface area contributed by atoms with Gasteiger partial charge >= 0.3 is 12.0 Å². The lowest BCUT2D eigenvalue weighted by Crippen LogP contribution is -2.52. The molecule has 0 rings (SSSR count). The molecule has 7 heteroatoms. The van der Waals surface area contributed by atoms with Gasteiger partial charge in [0, 0.05) is 13.6 Å². The van der Waals surface area contributed by atoms with Crippen LogP contribution in [0.15, 0.2) is 0 Å². The van der Waals surface area contributed by atoms with Gasteiger partial charge in [-0.1, -0.05) is 13.8 Å². The van der Waals surface area contributed by atoms with Gasteiger partial charge in [0.1, 0.15) is 6.04 Å². The third-order valence-electron chi connectivity index (χ3n) is 2.27. The van der Waals surface area contributed by atoms with Gasteiger partial charge in [0.15, 0.2) is 0 Å². The van der Waals surface area contributed by atoms with E-state index in [0.29, 0.717) is 0 Å². The summed E-state index contributed by atoms with van der Waals surface area (Å²) in [6, 6.07) is -1.50. The second kappa shape index (κ2) is 6.72. The summed E-state index contributed by atoms with van der Waals surface area (Å²) in [6.07, 6.45) is -0.135. The molecule has 0 heterocycles. The average Bonchev–Trinajstić information content (AvgIpc) is 2.20. The van der Waals surface area contributed by atoms with Crippen LogP contribution in [0, 0.1) is 5.92 Å². The SMILES string of the molecule is CC(C)C(NC(N)=O)C(=O)N(C)CCC(=O)O. The number of aliphatic carboxylic acids is 1. The van der Waals surface area contributed by atoms with Crippen LogP contribution < -0.4 is 11.1 Å². The first-order chi connectivity index (χ1) is 7.75. The summed E-state index contributed by atoms with van der Waals surface area (Å²) in [5.41, 5.74) is 4.98. The third-order valence-corrected chi connectivity index (χ3v) is 2.27. The lowest BCUT2D eigenvalue weighted by Gasteiger charge is -2.26. The van der Waals surface area contributed by atoms with E-state index in [1.807, 2.05) is 0 Å². The Hall–Kier alpha value is -1.79. The molecule has 98 valence electrons. The number of primary amides is 1. The first-order valence-corrected chi connectivity index (χ1v) is 5.28. The van der Waals surface area contributed by atoms with E-state index in [9.17, 15) is 14.4 Å². The zero-order valence-corrected chi connectivity index (χ0v) is 10.3. The number of carbonyl (C=O) groups is 3. The standard InChI is InChI=1S/C10H19N3O4/c1-6(2)8(12-10(11)17)9(16)13(3)5-4-7(14)15/h6,8H,4-5H2,1-3H3,(H,14,15)(H3,11,12,17). The summed E-state index contributed by atoms with van der Waals surface area (Å²) < 4.78 is 0. The topological polar surface area (TPSA) is 113 Å². The number of urea groups is 1. The predicted octanol–water partition coefficient (Wildman–Crippen LogP) is -0.388. The molecule has 0 aliphatic rings. The van der Waals surface area contributed by atoms with Gasteiger partial charge < -0.3 is 21.1 Å². The van der Waals surface area contributed by atoms with E-state index in [4.69, 9.17) is 10.8 Å². The molecule has 7 nitrogen and oxygen atoms in total. The van der Waals surface area contributed by atoms with Crippen LogP contribution in [0.3, 0.4) is 0 Å². The monoisotopic (exact) mass is 245 g/mol. The maximum absolute atomic E-state index is 11.9. The largest absolute Gasteiger partial charge is 0.481 e. The molecule has 0 aromatic rings. The first-order valence-electron chi connectivity index (χ1n) is 5.28. The van der Waals surface area contributed by atoms with Gasteiger partial charge in [-0.2, -0.15) is 0 Å². The van der Waals surface area contributed by atoms with Crippen LogP contribution in [0.5, 0.6) is 0 Å². The number of nitrogens with zero attached hydrogens (tertiary/aromatic N) is 1. The van der Waals surface area contributed by atoms with Gasteiger partial charge in [0.25, 0.3) is 0 Å². The normalized spacial score (nSPS) is 12.0. The Morgan fingerprint density at radius 2 is 1.88 bits per heavy atom.